The summed E-state index contributed by atoms with van der Waals surface area (Å²) in [5, 5.41) is 2.55. The van der Waals surface area contributed by atoms with Crippen LogP contribution >= 0.6 is 0 Å². The van der Waals surface area contributed by atoms with Gasteiger partial charge in [-0.3, -0.25) is 9.59 Å². The Hall–Kier alpha value is -2.40. The van der Waals surface area contributed by atoms with Crippen molar-refractivity contribution in [1.82, 2.24) is 4.57 Å². The summed E-state index contributed by atoms with van der Waals surface area (Å²) in [6.07, 6.45) is 1.70. The summed E-state index contributed by atoms with van der Waals surface area (Å²) >= 11 is 0. The Labute approximate surface area is 123 Å². The number of nitrogens with two attached hydrogens (primary N) is 1. The molecule has 5 heteroatoms. The molecular weight excluding hydrogens is 266 g/mol. The molecule has 21 heavy (non-hydrogen) atoms. The summed E-state index contributed by atoms with van der Waals surface area (Å²) in [5.41, 5.74) is 7.68. The van der Waals surface area contributed by atoms with Crippen LogP contribution in [0.4, 0.5) is 5.69 Å². The van der Waals surface area contributed by atoms with E-state index in [0.29, 0.717) is 6.54 Å². The monoisotopic (exact) mass is 285 g/mol. The molecule has 1 aromatic carbocycles. The largest absolute Gasteiger partial charge is 0.320 e. The van der Waals surface area contributed by atoms with Gasteiger partial charge in [0.15, 0.2) is 0 Å². The number of hydrogen-bond donors (Lipinski definition) is 2. The Morgan fingerprint density at radius 3 is 2.57 bits per heavy atom. The fourth-order valence-electron chi connectivity index (χ4n) is 1.89. The molecule has 2 aromatic rings. The van der Waals surface area contributed by atoms with Gasteiger partial charge in [0.05, 0.1) is 12.6 Å². The molecule has 0 saturated heterocycles. The average molecular weight is 285 g/mol. The van der Waals surface area contributed by atoms with Gasteiger partial charge in [-0.05, 0) is 31.5 Å². The number of carbonyl (C=O) groups excluding carboxylic acids is 1. The molecule has 2 rings (SSSR count). The lowest BCUT2D eigenvalue weighted by Crippen LogP contribution is -2.35. The first-order chi connectivity index (χ1) is 9.97. The van der Waals surface area contributed by atoms with Gasteiger partial charge < -0.3 is 15.6 Å². The molecule has 110 valence electrons. The molecule has 0 unspecified atom stereocenters. The highest BCUT2D eigenvalue weighted by atomic mass is 16.2. The maximum atomic E-state index is 12.3. The smallest absolute Gasteiger partial charge is 0.274 e. The molecule has 3 N–H and O–H groups in total. The Balaban J connectivity index is 2.23. The lowest BCUT2D eigenvalue weighted by Gasteiger charge is -2.10. The van der Waals surface area contributed by atoms with Crippen LogP contribution in [0.25, 0.3) is 0 Å². The first-order valence-electron chi connectivity index (χ1n) is 6.79. The van der Waals surface area contributed by atoms with Crippen molar-refractivity contribution in [2.45, 2.75) is 26.4 Å². The topological polar surface area (TPSA) is 77.1 Å². The molecule has 5 nitrogen and oxygen atoms in total. The summed E-state index contributed by atoms with van der Waals surface area (Å²) in [6, 6.07) is 10.6. The highest BCUT2D eigenvalue weighted by Gasteiger charge is 2.11. The molecule has 1 heterocycles. The van der Waals surface area contributed by atoms with Crippen LogP contribution in [0.15, 0.2) is 47.4 Å². The minimum Gasteiger partial charge on any atom is -0.320 e. The van der Waals surface area contributed by atoms with Crippen LogP contribution in [0.1, 0.15) is 18.1 Å². The van der Waals surface area contributed by atoms with Gasteiger partial charge in [-0.2, -0.15) is 0 Å². The van der Waals surface area contributed by atoms with Gasteiger partial charge in [-0.15, -0.1) is 0 Å². The third-order valence-electron chi connectivity index (χ3n) is 3.17. The fourth-order valence-corrected chi connectivity index (χ4v) is 1.89. The number of amides is 1. The van der Waals surface area contributed by atoms with E-state index in [9.17, 15) is 9.59 Å². The first kappa shape index (κ1) is 15.0. The Morgan fingerprint density at radius 2 is 1.95 bits per heavy atom. The number of hydrogen-bond acceptors (Lipinski definition) is 3. The van der Waals surface area contributed by atoms with Crippen LogP contribution in [0.3, 0.4) is 0 Å². The first-order valence-corrected chi connectivity index (χ1v) is 6.79. The van der Waals surface area contributed by atoms with Crippen LogP contribution in [-0.2, 0) is 11.3 Å². The second kappa shape index (κ2) is 6.37. The number of aryl methyl sites for hydroxylation is 1. The van der Waals surface area contributed by atoms with Gasteiger partial charge in [0.1, 0.15) is 5.69 Å². The zero-order valence-electron chi connectivity index (χ0n) is 12.2. The van der Waals surface area contributed by atoms with Gasteiger partial charge in [0.25, 0.3) is 5.56 Å². The van der Waals surface area contributed by atoms with Crippen molar-refractivity contribution in [2.24, 2.45) is 5.73 Å². The molecule has 0 aliphatic rings. The second-order valence-corrected chi connectivity index (χ2v) is 5.12. The highest BCUT2D eigenvalue weighted by Crippen LogP contribution is 2.06. The van der Waals surface area contributed by atoms with Gasteiger partial charge >= 0.3 is 0 Å². The van der Waals surface area contributed by atoms with Gasteiger partial charge in [-0.25, -0.2) is 0 Å². The van der Waals surface area contributed by atoms with Crippen LogP contribution in [0.5, 0.6) is 0 Å². The van der Waals surface area contributed by atoms with E-state index in [4.69, 9.17) is 5.73 Å². The second-order valence-electron chi connectivity index (χ2n) is 5.12. The van der Waals surface area contributed by atoms with Gasteiger partial charge in [0, 0.05) is 6.20 Å². The maximum absolute atomic E-state index is 12.3. The molecule has 1 amide bonds. The third kappa shape index (κ3) is 3.79. The van der Waals surface area contributed by atoms with Crippen molar-refractivity contribution in [1.29, 1.82) is 0 Å². The summed E-state index contributed by atoms with van der Waals surface area (Å²) in [6.45, 7) is 4.05. The average Bonchev–Trinajstić information content (AvgIpc) is 2.45. The molecule has 0 aliphatic carbocycles. The zero-order valence-corrected chi connectivity index (χ0v) is 12.2. The quantitative estimate of drug-likeness (QED) is 0.893. The Bertz CT molecular complexity index is 687. The summed E-state index contributed by atoms with van der Waals surface area (Å²) in [7, 11) is 0. The Morgan fingerprint density at radius 1 is 1.29 bits per heavy atom. The van der Waals surface area contributed by atoms with Gasteiger partial charge in [-0.1, -0.05) is 29.8 Å². The lowest BCUT2D eigenvalue weighted by molar-refractivity contribution is -0.117. The summed E-state index contributed by atoms with van der Waals surface area (Å²) in [5.74, 6) is -0.375. The van der Waals surface area contributed by atoms with Crippen LogP contribution in [0.2, 0.25) is 0 Å². The number of carbonyl (C=O) groups is 1. The molecule has 0 spiro atoms. The van der Waals surface area contributed by atoms with E-state index in [2.05, 4.69) is 5.32 Å². The highest BCUT2D eigenvalue weighted by molar-refractivity contribution is 5.94. The number of benzene rings is 1. The summed E-state index contributed by atoms with van der Waals surface area (Å²) < 4.78 is 1.56. The van der Waals surface area contributed by atoms with Crippen molar-refractivity contribution in [3.63, 3.8) is 0 Å². The number of nitrogens with zero attached hydrogens (tertiary/aromatic N) is 1. The molecule has 1 aromatic heterocycles. The van der Waals surface area contributed by atoms with Crippen molar-refractivity contribution in [3.05, 3.63) is 64.1 Å². The van der Waals surface area contributed by atoms with Crippen molar-refractivity contribution < 1.29 is 4.79 Å². The minimum absolute atomic E-state index is 0.243. The van der Waals surface area contributed by atoms with E-state index in [1.807, 2.05) is 31.2 Å². The predicted octanol–water partition coefficient (Wildman–Crippen LogP) is 1.49. The van der Waals surface area contributed by atoms with E-state index in [0.717, 1.165) is 5.56 Å². The number of anilines is 1. The number of nitrogens with one attached hydrogen (secondary N) is 1. The van der Waals surface area contributed by atoms with Crippen molar-refractivity contribution >= 4 is 11.6 Å². The van der Waals surface area contributed by atoms with E-state index in [1.165, 1.54) is 5.56 Å². The van der Waals surface area contributed by atoms with Crippen molar-refractivity contribution in [3.8, 4) is 0 Å². The van der Waals surface area contributed by atoms with E-state index in [-0.39, 0.29) is 17.2 Å². The molecule has 0 saturated carbocycles. The zero-order chi connectivity index (χ0) is 15.4. The molecular formula is C16H19N3O2. The molecule has 0 fully saturated rings. The van der Waals surface area contributed by atoms with Crippen LogP contribution < -0.4 is 16.6 Å². The summed E-state index contributed by atoms with van der Waals surface area (Å²) in [4.78, 5) is 23.9. The molecule has 0 aliphatic heterocycles. The SMILES string of the molecule is Cc1ccc(Cn2cccc(NC(=O)[C@@H](C)N)c2=O)cc1. The van der Waals surface area contributed by atoms with Gasteiger partial charge in [0.2, 0.25) is 5.91 Å². The number of aromatic nitrogens is 1. The van der Waals surface area contributed by atoms with Crippen molar-refractivity contribution in [2.75, 3.05) is 5.32 Å². The van der Waals surface area contributed by atoms with E-state index in [1.54, 1.807) is 29.8 Å². The van der Waals surface area contributed by atoms with E-state index < -0.39 is 6.04 Å². The predicted molar refractivity (Wildman–Crippen MR) is 83.3 cm³/mol. The Kier molecular flexibility index (Phi) is 4.55. The molecule has 1 atom stereocenters. The van der Waals surface area contributed by atoms with Crippen LogP contribution in [-0.4, -0.2) is 16.5 Å². The minimum atomic E-state index is -0.657. The third-order valence-corrected chi connectivity index (χ3v) is 3.17. The van der Waals surface area contributed by atoms with E-state index >= 15 is 0 Å². The molecule has 0 radical (unpaired) electrons. The molecule has 0 bridgehead atoms. The normalized spacial score (nSPS) is 12.0. The number of rotatable bonds is 4. The lowest BCUT2D eigenvalue weighted by atomic mass is 10.1. The maximum Gasteiger partial charge on any atom is 0.274 e. The van der Waals surface area contributed by atoms with Crippen LogP contribution in [0, 0.1) is 6.92 Å². The number of pyridine rings is 1. The fraction of sp³-hybridized carbons (Fsp3) is 0.250. The standard InChI is InChI=1S/C16H19N3O2/c1-11-5-7-13(8-6-11)10-19-9-3-4-14(16(19)21)18-15(20)12(2)17/h3-9,12H,10,17H2,1-2H3,(H,18,20)/t12-/m1/s1.